The van der Waals surface area contributed by atoms with Crippen LogP contribution in [-0.4, -0.2) is 37.0 Å². The highest BCUT2D eigenvalue weighted by molar-refractivity contribution is 5.83. The van der Waals surface area contributed by atoms with E-state index in [1.54, 1.807) is 0 Å². The summed E-state index contributed by atoms with van der Waals surface area (Å²) in [6.07, 6.45) is 3.34. The molecule has 1 saturated carbocycles. The molecule has 2 fully saturated rings. The molecular weight excluding hydrogens is 248 g/mol. The molecule has 0 aromatic heterocycles. The zero-order chi connectivity index (χ0) is 14.1. The van der Waals surface area contributed by atoms with Crippen LogP contribution in [0.3, 0.4) is 0 Å². The molecule has 3 nitrogen and oxygen atoms in total. The Balaban J connectivity index is 1.64. The zero-order valence-electron chi connectivity index (χ0n) is 12.4. The van der Waals surface area contributed by atoms with Crippen molar-refractivity contribution in [2.24, 2.45) is 5.92 Å². The van der Waals surface area contributed by atoms with E-state index in [4.69, 9.17) is 0 Å². The van der Waals surface area contributed by atoms with E-state index in [1.165, 1.54) is 17.5 Å². The maximum absolute atomic E-state index is 12.6. The second-order valence-electron chi connectivity index (χ2n) is 6.22. The molecule has 0 radical (unpaired) electrons. The minimum absolute atomic E-state index is 0.228. The van der Waals surface area contributed by atoms with Crippen molar-refractivity contribution >= 4 is 5.91 Å². The molecule has 0 bridgehead atoms. The van der Waals surface area contributed by atoms with Crippen molar-refractivity contribution in [3.05, 3.63) is 35.4 Å². The third-order valence-corrected chi connectivity index (χ3v) is 4.84. The number of aryl methyl sites for hydroxylation is 1. The molecular formula is C17H24N2O. The van der Waals surface area contributed by atoms with Crippen LogP contribution < -0.4 is 5.32 Å². The summed E-state index contributed by atoms with van der Waals surface area (Å²) in [6.45, 7) is 3.97. The van der Waals surface area contributed by atoms with Gasteiger partial charge in [0.15, 0.2) is 0 Å². The maximum atomic E-state index is 12.6. The van der Waals surface area contributed by atoms with Crippen LogP contribution in [-0.2, 0) is 4.79 Å². The van der Waals surface area contributed by atoms with Gasteiger partial charge in [-0.3, -0.25) is 4.79 Å². The van der Waals surface area contributed by atoms with E-state index < -0.39 is 0 Å². The van der Waals surface area contributed by atoms with E-state index in [0.717, 1.165) is 25.9 Å². The molecule has 1 saturated heterocycles. The van der Waals surface area contributed by atoms with Gasteiger partial charge in [-0.25, -0.2) is 0 Å². The summed E-state index contributed by atoms with van der Waals surface area (Å²) < 4.78 is 0. The second kappa shape index (κ2) is 5.57. The number of hydrogen-bond donors (Lipinski definition) is 1. The predicted octanol–water partition coefficient (Wildman–Crippen LogP) is 2.31. The van der Waals surface area contributed by atoms with E-state index in [-0.39, 0.29) is 5.92 Å². The van der Waals surface area contributed by atoms with E-state index >= 15 is 0 Å². The lowest BCUT2D eigenvalue weighted by molar-refractivity contribution is -0.134. The molecule has 1 aliphatic carbocycles. The summed E-state index contributed by atoms with van der Waals surface area (Å²) in [7, 11) is 1.99. The number of carbonyl (C=O) groups excluding carboxylic acids is 1. The van der Waals surface area contributed by atoms with Gasteiger partial charge < -0.3 is 10.2 Å². The fraction of sp³-hybridized carbons (Fsp3) is 0.588. The van der Waals surface area contributed by atoms with E-state index in [1.807, 2.05) is 7.05 Å². The molecule has 108 valence electrons. The van der Waals surface area contributed by atoms with Crippen molar-refractivity contribution in [3.8, 4) is 0 Å². The van der Waals surface area contributed by atoms with Crippen molar-refractivity contribution in [3.63, 3.8) is 0 Å². The molecule has 3 atom stereocenters. The number of piperidine rings is 1. The lowest BCUT2D eigenvalue weighted by Gasteiger charge is -2.32. The summed E-state index contributed by atoms with van der Waals surface area (Å²) in [5.41, 5.74) is 2.69. The zero-order valence-corrected chi connectivity index (χ0v) is 12.4. The predicted molar refractivity (Wildman–Crippen MR) is 80.7 cm³/mol. The number of hydrogen-bond acceptors (Lipinski definition) is 2. The first kappa shape index (κ1) is 13.6. The van der Waals surface area contributed by atoms with Gasteiger partial charge in [0.05, 0.1) is 0 Å². The normalized spacial score (nSPS) is 29.3. The van der Waals surface area contributed by atoms with Crippen LogP contribution in [0.2, 0.25) is 0 Å². The van der Waals surface area contributed by atoms with Crippen LogP contribution >= 0.6 is 0 Å². The molecule has 1 aliphatic heterocycles. The van der Waals surface area contributed by atoms with Crippen molar-refractivity contribution in [2.75, 3.05) is 20.1 Å². The number of benzene rings is 1. The quantitative estimate of drug-likeness (QED) is 0.916. The monoisotopic (exact) mass is 272 g/mol. The Kier molecular flexibility index (Phi) is 3.79. The number of nitrogens with zero attached hydrogens (tertiary/aromatic N) is 1. The first-order chi connectivity index (χ1) is 9.70. The highest BCUT2D eigenvalue weighted by Gasteiger charge is 2.46. The summed E-state index contributed by atoms with van der Waals surface area (Å²) in [5, 5.41) is 3.31. The lowest BCUT2D eigenvalue weighted by atomic mass is 10.0. The van der Waals surface area contributed by atoms with Crippen LogP contribution in [0.1, 0.15) is 36.3 Å². The number of likely N-dealkylation sites (N-methyl/N-ethyl adjacent to an activating group) is 1. The minimum atomic E-state index is 0.228. The fourth-order valence-electron chi connectivity index (χ4n) is 3.46. The van der Waals surface area contributed by atoms with Crippen LogP contribution in [0.5, 0.6) is 0 Å². The molecule has 1 aromatic rings. The minimum Gasteiger partial charge on any atom is -0.341 e. The maximum Gasteiger partial charge on any atom is 0.226 e. The molecule has 1 N–H and O–H groups in total. The fourth-order valence-corrected chi connectivity index (χ4v) is 3.46. The average molecular weight is 272 g/mol. The average Bonchev–Trinajstić information content (AvgIpc) is 3.27. The first-order valence-corrected chi connectivity index (χ1v) is 7.72. The summed E-state index contributed by atoms with van der Waals surface area (Å²) in [4.78, 5) is 14.7. The van der Waals surface area contributed by atoms with E-state index in [0.29, 0.717) is 17.9 Å². The van der Waals surface area contributed by atoms with Gasteiger partial charge in [-0.05, 0) is 50.3 Å². The Labute approximate surface area is 121 Å². The van der Waals surface area contributed by atoms with Gasteiger partial charge in [0.25, 0.3) is 0 Å². The largest absolute Gasteiger partial charge is 0.341 e. The molecule has 2 aliphatic rings. The van der Waals surface area contributed by atoms with Crippen LogP contribution in [0.15, 0.2) is 24.3 Å². The highest BCUT2D eigenvalue weighted by atomic mass is 16.2. The smallest absolute Gasteiger partial charge is 0.226 e. The standard InChI is InChI=1S/C17H24N2O/c1-12-6-3-4-8-14(12)15-10-16(15)17(20)19-9-5-7-13(11-19)18-2/h3-4,6,8,13,15-16,18H,5,7,9-11H2,1-2H3. The number of rotatable bonds is 3. The van der Waals surface area contributed by atoms with Gasteiger partial charge in [0, 0.05) is 25.0 Å². The molecule has 3 heteroatoms. The molecule has 1 heterocycles. The van der Waals surface area contributed by atoms with Crippen LogP contribution in [0, 0.1) is 12.8 Å². The molecule has 1 amide bonds. The van der Waals surface area contributed by atoms with Gasteiger partial charge in [0.2, 0.25) is 5.91 Å². The Morgan fingerprint density at radius 1 is 1.35 bits per heavy atom. The number of carbonyl (C=O) groups is 1. The number of amides is 1. The van der Waals surface area contributed by atoms with Gasteiger partial charge in [0.1, 0.15) is 0 Å². The van der Waals surface area contributed by atoms with Gasteiger partial charge in [-0.2, -0.15) is 0 Å². The van der Waals surface area contributed by atoms with Gasteiger partial charge in [-0.1, -0.05) is 24.3 Å². The SMILES string of the molecule is CNC1CCCN(C(=O)C2CC2c2ccccc2C)C1. The van der Waals surface area contributed by atoms with Crippen LogP contribution in [0.25, 0.3) is 0 Å². The second-order valence-corrected chi connectivity index (χ2v) is 6.22. The number of likely N-dealkylation sites (tertiary alicyclic amines) is 1. The molecule has 3 rings (SSSR count). The van der Waals surface area contributed by atoms with Crippen LogP contribution in [0.4, 0.5) is 0 Å². The Bertz CT molecular complexity index is 500. The topological polar surface area (TPSA) is 32.3 Å². The Hall–Kier alpha value is -1.35. The Morgan fingerprint density at radius 2 is 2.15 bits per heavy atom. The van der Waals surface area contributed by atoms with E-state index in [9.17, 15) is 4.79 Å². The first-order valence-electron chi connectivity index (χ1n) is 7.72. The summed E-state index contributed by atoms with van der Waals surface area (Å²) in [5.74, 6) is 1.06. The van der Waals surface area contributed by atoms with E-state index in [2.05, 4.69) is 41.4 Å². The molecule has 0 spiro atoms. The molecule has 3 unspecified atom stereocenters. The lowest BCUT2D eigenvalue weighted by Crippen LogP contribution is -2.47. The van der Waals surface area contributed by atoms with Gasteiger partial charge >= 0.3 is 0 Å². The molecule has 20 heavy (non-hydrogen) atoms. The molecule has 1 aromatic carbocycles. The van der Waals surface area contributed by atoms with Crippen molar-refractivity contribution in [2.45, 2.75) is 38.1 Å². The summed E-state index contributed by atoms with van der Waals surface area (Å²) in [6, 6.07) is 8.95. The Morgan fingerprint density at radius 3 is 2.90 bits per heavy atom. The van der Waals surface area contributed by atoms with Crippen molar-refractivity contribution in [1.29, 1.82) is 0 Å². The number of nitrogens with one attached hydrogen (secondary N) is 1. The summed E-state index contributed by atoms with van der Waals surface area (Å²) >= 11 is 0. The third kappa shape index (κ3) is 2.59. The third-order valence-electron chi connectivity index (χ3n) is 4.84. The van der Waals surface area contributed by atoms with Crippen molar-refractivity contribution in [1.82, 2.24) is 10.2 Å². The highest BCUT2D eigenvalue weighted by Crippen LogP contribution is 2.49. The van der Waals surface area contributed by atoms with Gasteiger partial charge in [-0.15, -0.1) is 0 Å². The van der Waals surface area contributed by atoms with Crippen molar-refractivity contribution < 1.29 is 4.79 Å².